The van der Waals surface area contributed by atoms with E-state index in [1.54, 1.807) is 11.1 Å². The van der Waals surface area contributed by atoms with Gasteiger partial charge in [-0.15, -0.1) is 0 Å². The number of hydrogen-bond acceptors (Lipinski definition) is 3. The van der Waals surface area contributed by atoms with Crippen LogP contribution in [0.15, 0.2) is 18.3 Å². The number of aromatic nitrogens is 1. The van der Waals surface area contributed by atoms with Crippen molar-refractivity contribution >= 4 is 17.8 Å². The van der Waals surface area contributed by atoms with Gasteiger partial charge in [-0.25, -0.2) is 9.78 Å². The number of pyridine rings is 1. The minimum absolute atomic E-state index is 0.0946. The molecular weight excluding hydrogens is 280 g/mol. The molecule has 0 aliphatic carbocycles. The van der Waals surface area contributed by atoms with Crippen molar-refractivity contribution in [2.24, 2.45) is 0 Å². The summed E-state index contributed by atoms with van der Waals surface area (Å²) in [6.07, 6.45) is 5.14. The highest BCUT2D eigenvalue weighted by molar-refractivity contribution is 5.95. The molecule has 1 unspecified atom stereocenters. The SMILES string of the molecule is CC.O=C1NCCCC1NC(=O)N1CCCc2cccnc21. The summed E-state index contributed by atoms with van der Waals surface area (Å²) in [7, 11) is 0. The van der Waals surface area contributed by atoms with Gasteiger partial charge in [0.25, 0.3) is 0 Å². The number of fused-ring (bicyclic) bond motifs is 1. The normalized spacial score (nSPS) is 20.2. The van der Waals surface area contributed by atoms with Crippen molar-refractivity contribution in [3.05, 3.63) is 23.9 Å². The van der Waals surface area contributed by atoms with Gasteiger partial charge in [-0.1, -0.05) is 19.9 Å². The van der Waals surface area contributed by atoms with Crippen molar-refractivity contribution in [2.75, 3.05) is 18.0 Å². The molecule has 1 aromatic heterocycles. The zero-order chi connectivity index (χ0) is 15.9. The standard InChI is InChI=1S/C14H18N4O2.C2H6/c19-13-11(6-2-8-16-13)17-14(20)18-9-3-5-10-4-1-7-15-12(10)18;1-2/h1,4,7,11H,2-3,5-6,8-9H2,(H,16,19)(H,17,20);1-2H3. The molecular formula is C16H24N4O2. The molecule has 6 nitrogen and oxygen atoms in total. The average molecular weight is 304 g/mol. The van der Waals surface area contributed by atoms with Crippen molar-refractivity contribution in [3.8, 4) is 0 Å². The topological polar surface area (TPSA) is 74.3 Å². The largest absolute Gasteiger partial charge is 0.354 e. The first-order valence-corrected chi connectivity index (χ1v) is 8.05. The molecule has 2 aliphatic rings. The van der Waals surface area contributed by atoms with Gasteiger partial charge in [-0.3, -0.25) is 9.69 Å². The number of urea groups is 1. The van der Waals surface area contributed by atoms with E-state index >= 15 is 0 Å². The van der Waals surface area contributed by atoms with Crippen LogP contribution in [0.4, 0.5) is 10.6 Å². The molecule has 6 heteroatoms. The third kappa shape index (κ3) is 3.55. The lowest BCUT2D eigenvalue weighted by atomic mass is 10.1. The van der Waals surface area contributed by atoms with Crippen molar-refractivity contribution in [2.45, 2.75) is 45.6 Å². The van der Waals surface area contributed by atoms with E-state index in [0.29, 0.717) is 25.3 Å². The predicted octanol–water partition coefficient (Wildman–Crippen LogP) is 1.85. The van der Waals surface area contributed by atoms with E-state index in [9.17, 15) is 9.59 Å². The van der Waals surface area contributed by atoms with Crippen LogP contribution in [0, 0.1) is 0 Å². The first-order chi connectivity index (χ1) is 10.8. The van der Waals surface area contributed by atoms with Gasteiger partial charge >= 0.3 is 6.03 Å². The third-order valence-corrected chi connectivity index (χ3v) is 3.78. The van der Waals surface area contributed by atoms with Gasteiger partial charge in [0.2, 0.25) is 5.91 Å². The molecule has 1 atom stereocenters. The van der Waals surface area contributed by atoms with E-state index < -0.39 is 6.04 Å². The molecule has 3 rings (SSSR count). The Morgan fingerprint density at radius 1 is 1.41 bits per heavy atom. The molecule has 1 saturated heterocycles. The van der Waals surface area contributed by atoms with Crippen molar-refractivity contribution in [1.82, 2.24) is 15.6 Å². The Kier molecular flexibility index (Phi) is 5.75. The molecule has 0 radical (unpaired) electrons. The molecule has 0 spiro atoms. The van der Waals surface area contributed by atoms with E-state index in [0.717, 1.165) is 24.8 Å². The fourth-order valence-electron chi connectivity index (χ4n) is 2.74. The quantitative estimate of drug-likeness (QED) is 0.831. The number of piperidine rings is 1. The van der Waals surface area contributed by atoms with Crippen molar-refractivity contribution < 1.29 is 9.59 Å². The maximum atomic E-state index is 12.4. The molecule has 22 heavy (non-hydrogen) atoms. The van der Waals surface area contributed by atoms with E-state index in [-0.39, 0.29) is 11.9 Å². The van der Waals surface area contributed by atoms with Gasteiger partial charge in [0, 0.05) is 19.3 Å². The molecule has 3 amide bonds. The number of carbonyl (C=O) groups is 2. The van der Waals surface area contributed by atoms with E-state index in [1.807, 2.05) is 26.0 Å². The fraction of sp³-hybridized carbons (Fsp3) is 0.562. The summed E-state index contributed by atoms with van der Waals surface area (Å²) >= 11 is 0. The van der Waals surface area contributed by atoms with Crippen LogP contribution in [0.25, 0.3) is 0 Å². The molecule has 2 aliphatic heterocycles. The zero-order valence-corrected chi connectivity index (χ0v) is 13.3. The summed E-state index contributed by atoms with van der Waals surface area (Å²) in [5, 5.41) is 5.59. The van der Waals surface area contributed by atoms with Crippen LogP contribution in [0.3, 0.4) is 0 Å². The maximum Gasteiger partial charge on any atom is 0.323 e. The fourth-order valence-corrected chi connectivity index (χ4v) is 2.74. The summed E-state index contributed by atoms with van der Waals surface area (Å²) in [4.78, 5) is 30.0. The van der Waals surface area contributed by atoms with E-state index in [2.05, 4.69) is 15.6 Å². The highest BCUT2D eigenvalue weighted by Crippen LogP contribution is 2.24. The van der Waals surface area contributed by atoms with Gasteiger partial charge in [0.15, 0.2) is 0 Å². The van der Waals surface area contributed by atoms with Crippen LogP contribution in [-0.2, 0) is 11.2 Å². The van der Waals surface area contributed by atoms with E-state index in [4.69, 9.17) is 0 Å². The minimum atomic E-state index is -0.426. The number of amides is 3. The van der Waals surface area contributed by atoms with E-state index in [1.165, 1.54) is 0 Å². The predicted molar refractivity (Wildman–Crippen MR) is 85.8 cm³/mol. The first kappa shape index (κ1) is 16.3. The van der Waals surface area contributed by atoms with Crippen LogP contribution < -0.4 is 15.5 Å². The Labute approximate surface area is 131 Å². The molecule has 3 heterocycles. The van der Waals surface area contributed by atoms with Crippen LogP contribution in [-0.4, -0.2) is 36.1 Å². The summed E-state index contributed by atoms with van der Waals surface area (Å²) in [5.41, 5.74) is 1.09. The summed E-state index contributed by atoms with van der Waals surface area (Å²) in [6, 6.07) is 3.22. The molecule has 120 valence electrons. The zero-order valence-electron chi connectivity index (χ0n) is 13.3. The van der Waals surface area contributed by atoms with Crippen LogP contribution >= 0.6 is 0 Å². The minimum Gasteiger partial charge on any atom is -0.354 e. The number of rotatable bonds is 1. The Hall–Kier alpha value is -2.11. The molecule has 0 saturated carbocycles. The second kappa shape index (κ2) is 7.77. The summed E-state index contributed by atoms with van der Waals surface area (Å²) < 4.78 is 0. The highest BCUT2D eigenvalue weighted by atomic mass is 16.2. The van der Waals surface area contributed by atoms with Crippen molar-refractivity contribution in [3.63, 3.8) is 0 Å². The lowest BCUT2D eigenvalue weighted by Crippen LogP contribution is -2.54. The van der Waals surface area contributed by atoms with Gasteiger partial charge < -0.3 is 10.6 Å². The lowest BCUT2D eigenvalue weighted by molar-refractivity contribution is -0.124. The highest BCUT2D eigenvalue weighted by Gasteiger charge is 2.28. The second-order valence-corrected chi connectivity index (χ2v) is 5.18. The monoisotopic (exact) mass is 304 g/mol. The number of hydrogen-bond donors (Lipinski definition) is 2. The second-order valence-electron chi connectivity index (χ2n) is 5.18. The van der Waals surface area contributed by atoms with Gasteiger partial charge in [-0.2, -0.15) is 0 Å². The van der Waals surface area contributed by atoms with Crippen molar-refractivity contribution in [1.29, 1.82) is 0 Å². The molecule has 0 bridgehead atoms. The van der Waals surface area contributed by atoms with Gasteiger partial charge in [-0.05, 0) is 37.3 Å². The number of anilines is 1. The van der Waals surface area contributed by atoms with Crippen LogP contribution in [0.2, 0.25) is 0 Å². The van der Waals surface area contributed by atoms with Gasteiger partial charge in [0.1, 0.15) is 11.9 Å². The number of nitrogens with zero attached hydrogens (tertiary/aromatic N) is 2. The Morgan fingerprint density at radius 2 is 2.23 bits per heavy atom. The van der Waals surface area contributed by atoms with Gasteiger partial charge in [0.05, 0.1) is 0 Å². The third-order valence-electron chi connectivity index (χ3n) is 3.78. The number of carbonyl (C=O) groups excluding carboxylic acids is 2. The Bertz CT molecular complexity index is 533. The summed E-state index contributed by atoms with van der Waals surface area (Å²) in [5.74, 6) is 0.621. The van der Waals surface area contributed by atoms with Crippen LogP contribution in [0.1, 0.15) is 38.7 Å². The first-order valence-electron chi connectivity index (χ1n) is 8.05. The molecule has 1 aromatic rings. The smallest absolute Gasteiger partial charge is 0.323 e. The molecule has 2 N–H and O–H groups in total. The number of aryl methyl sites for hydroxylation is 1. The number of nitrogens with one attached hydrogen (secondary N) is 2. The molecule has 0 aromatic carbocycles. The lowest BCUT2D eigenvalue weighted by Gasteiger charge is -2.30. The average Bonchev–Trinajstić information content (AvgIpc) is 2.58. The van der Waals surface area contributed by atoms with Crippen LogP contribution in [0.5, 0.6) is 0 Å². The Morgan fingerprint density at radius 3 is 3.00 bits per heavy atom. The summed E-state index contributed by atoms with van der Waals surface area (Å²) in [6.45, 7) is 5.34. The Balaban J connectivity index is 0.000000847. The maximum absolute atomic E-state index is 12.4. The molecule has 1 fully saturated rings.